The van der Waals surface area contributed by atoms with Gasteiger partial charge in [-0.25, -0.2) is 4.79 Å². The van der Waals surface area contributed by atoms with Crippen LogP contribution < -0.4 is 14.8 Å². The number of carbonyl (C=O) groups excluding carboxylic acids is 3. The Balaban J connectivity index is 1.37. The average molecular weight is 455 g/mol. The molecule has 33 heavy (non-hydrogen) atoms. The van der Waals surface area contributed by atoms with Crippen molar-refractivity contribution < 1.29 is 28.6 Å². The molecule has 0 saturated carbocycles. The van der Waals surface area contributed by atoms with E-state index in [-0.39, 0.29) is 25.0 Å². The van der Waals surface area contributed by atoms with Crippen molar-refractivity contribution >= 4 is 18.0 Å². The number of benzene rings is 2. The fraction of sp³-hybridized carbons (Fsp3) is 0.400. The first-order chi connectivity index (χ1) is 15.9. The summed E-state index contributed by atoms with van der Waals surface area (Å²) in [5, 5.41) is 2.92. The highest BCUT2D eigenvalue weighted by Crippen LogP contribution is 2.20. The van der Waals surface area contributed by atoms with E-state index in [1.165, 1.54) is 0 Å². The van der Waals surface area contributed by atoms with Crippen molar-refractivity contribution in [3.05, 3.63) is 59.7 Å². The molecule has 0 radical (unpaired) electrons. The number of nitrogens with zero attached hydrogens (tertiary/aromatic N) is 1. The average Bonchev–Trinajstić information content (AvgIpc) is 2.83. The monoisotopic (exact) mass is 454 g/mol. The SMILES string of the molecule is CCOC(=O)Oc1ccc(C(=O)N2CCC(CNC(=O)COc3ccc(C)cc3)CC2)cc1. The van der Waals surface area contributed by atoms with E-state index in [0.29, 0.717) is 42.6 Å². The van der Waals surface area contributed by atoms with E-state index in [1.807, 2.05) is 31.2 Å². The van der Waals surface area contributed by atoms with Crippen LogP contribution in [0.2, 0.25) is 0 Å². The number of hydrogen-bond donors (Lipinski definition) is 1. The van der Waals surface area contributed by atoms with Crippen molar-refractivity contribution in [2.24, 2.45) is 5.92 Å². The van der Waals surface area contributed by atoms with Gasteiger partial charge >= 0.3 is 6.16 Å². The predicted octanol–water partition coefficient (Wildman–Crippen LogP) is 3.58. The minimum absolute atomic E-state index is 0.0176. The molecule has 1 heterocycles. The molecule has 0 spiro atoms. The molecule has 1 saturated heterocycles. The Bertz CT molecular complexity index is 934. The molecule has 3 rings (SSSR count). The van der Waals surface area contributed by atoms with Gasteiger partial charge in [0.15, 0.2) is 6.61 Å². The summed E-state index contributed by atoms with van der Waals surface area (Å²) >= 11 is 0. The zero-order valence-corrected chi connectivity index (χ0v) is 19.0. The van der Waals surface area contributed by atoms with Gasteiger partial charge in [0, 0.05) is 25.2 Å². The highest BCUT2D eigenvalue weighted by Gasteiger charge is 2.24. The predicted molar refractivity (Wildman–Crippen MR) is 122 cm³/mol. The Hall–Kier alpha value is -3.55. The largest absolute Gasteiger partial charge is 0.513 e. The van der Waals surface area contributed by atoms with Crippen LogP contribution in [0.3, 0.4) is 0 Å². The Kier molecular flexibility index (Phi) is 8.69. The summed E-state index contributed by atoms with van der Waals surface area (Å²) < 4.78 is 15.2. The molecule has 1 aliphatic heterocycles. The zero-order chi connectivity index (χ0) is 23.6. The molecular weight excluding hydrogens is 424 g/mol. The summed E-state index contributed by atoms with van der Waals surface area (Å²) in [5.74, 6) is 1.09. The number of rotatable bonds is 8. The third-order valence-electron chi connectivity index (χ3n) is 5.45. The molecule has 0 bridgehead atoms. The minimum Gasteiger partial charge on any atom is -0.484 e. The Morgan fingerprint density at radius 2 is 1.61 bits per heavy atom. The molecule has 176 valence electrons. The maximum absolute atomic E-state index is 12.8. The Morgan fingerprint density at radius 1 is 0.970 bits per heavy atom. The summed E-state index contributed by atoms with van der Waals surface area (Å²) in [6.07, 6.45) is 0.858. The van der Waals surface area contributed by atoms with Crippen molar-refractivity contribution in [2.45, 2.75) is 26.7 Å². The van der Waals surface area contributed by atoms with E-state index < -0.39 is 6.16 Å². The molecule has 2 amide bonds. The summed E-state index contributed by atoms with van der Waals surface area (Å²) in [4.78, 5) is 38.0. The number of carbonyl (C=O) groups is 3. The van der Waals surface area contributed by atoms with Gasteiger partial charge in [-0.2, -0.15) is 0 Å². The van der Waals surface area contributed by atoms with Crippen LogP contribution in [0.4, 0.5) is 4.79 Å². The lowest BCUT2D eigenvalue weighted by Gasteiger charge is -2.32. The third-order valence-corrected chi connectivity index (χ3v) is 5.45. The van der Waals surface area contributed by atoms with Gasteiger partial charge < -0.3 is 24.4 Å². The maximum Gasteiger partial charge on any atom is 0.513 e. The second kappa shape index (κ2) is 11.9. The molecule has 0 aromatic heterocycles. The molecule has 1 aliphatic rings. The minimum atomic E-state index is -0.771. The molecule has 1 N–H and O–H groups in total. The summed E-state index contributed by atoms with van der Waals surface area (Å²) in [5.41, 5.74) is 1.67. The summed E-state index contributed by atoms with van der Waals surface area (Å²) in [6, 6.07) is 14.0. The van der Waals surface area contributed by atoms with E-state index in [9.17, 15) is 14.4 Å². The van der Waals surface area contributed by atoms with Crippen LogP contribution in [0.15, 0.2) is 48.5 Å². The first-order valence-electron chi connectivity index (χ1n) is 11.1. The molecule has 2 aromatic carbocycles. The molecular formula is C25H30N2O6. The molecule has 1 fully saturated rings. The second-order valence-corrected chi connectivity index (χ2v) is 7.95. The summed E-state index contributed by atoms with van der Waals surface area (Å²) in [6.45, 7) is 5.72. The van der Waals surface area contributed by atoms with Crippen LogP contribution in [0.1, 0.15) is 35.7 Å². The van der Waals surface area contributed by atoms with Gasteiger partial charge in [0.2, 0.25) is 0 Å². The van der Waals surface area contributed by atoms with Gasteiger partial charge in [-0.15, -0.1) is 0 Å². The van der Waals surface area contributed by atoms with Crippen molar-refractivity contribution in [1.29, 1.82) is 0 Å². The first kappa shape index (κ1) is 24.1. The number of ether oxygens (including phenoxy) is 3. The molecule has 8 heteroatoms. The summed E-state index contributed by atoms with van der Waals surface area (Å²) in [7, 11) is 0. The van der Waals surface area contributed by atoms with Crippen molar-refractivity contribution in [3.8, 4) is 11.5 Å². The van der Waals surface area contributed by atoms with Gasteiger partial charge in [-0.1, -0.05) is 17.7 Å². The van der Waals surface area contributed by atoms with E-state index in [0.717, 1.165) is 18.4 Å². The van der Waals surface area contributed by atoms with E-state index in [1.54, 1.807) is 36.1 Å². The fourth-order valence-electron chi connectivity index (χ4n) is 3.52. The van der Waals surface area contributed by atoms with Gasteiger partial charge in [0.25, 0.3) is 11.8 Å². The van der Waals surface area contributed by atoms with E-state index >= 15 is 0 Å². The lowest BCUT2D eigenvalue weighted by Crippen LogP contribution is -2.42. The highest BCUT2D eigenvalue weighted by molar-refractivity contribution is 5.94. The topological polar surface area (TPSA) is 94.2 Å². The first-order valence-corrected chi connectivity index (χ1v) is 11.1. The van der Waals surface area contributed by atoms with Crippen LogP contribution in [-0.4, -0.2) is 55.7 Å². The smallest absolute Gasteiger partial charge is 0.484 e. The number of hydrogen-bond acceptors (Lipinski definition) is 6. The molecule has 2 aromatic rings. The van der Waals surface area contributed by atoms with Gasteiger partial charge in [0.05, 0.1) is 6.61 Å². The maximum atomic E-state index is 12.8. The lowest BCUT2D eigenvalue weighted by atomic mass is 9.96. The van der Waals surface area contributed by atoms with Crippen LogP contribution in [0.25, 0.3) is 0 Å². The third kappa shape index (κ3) is 7.52. The van der Waals surface area contributed by atoms with Gasteiger partial charge in [-0.05, 0) is 69.0 Å². The normalized spacial score (nSPS) is 13.8. The number of amides is 2. The van der Waals surface area contributed by atoms with E-state index in [4.69, 9.17) is 14.2 Å². The lowest BCUT2D eigenvalue weighted by molar-refractivity contribution is -0.123. The van der Waals surface area contributed by atoms with Crippen LogP contribution in [0.5, 0.6) is 11.5 Å². The highest BCUT2D eigenvalue weighted by atomic mass is 16.7. The molecule has 0 unspecified atom stereocenters. The van der Waals surface area contributed by atoms with Gasteiger partial charge in [-0.3, -0.25) is 9.59 Å². The quantitative estimate of drug-likeness (QED) is 0.484. The number of aryl methyl sites for hydroxylation is 1. The molecule has 0 aliphatic carbocycles. The van der Waals surface area contributed by atoms with E-state index in [2.05, 4.69) is 5.32 Å². The molecule has 8 nitrogen and oxygen atoms in total. The van der Waals surface area contributed by atoms with Crippen LogP contribution in [-0.2, 0) is 9.53 Å². The Labute approximate surface area is 193 Å². The number of piperidine rings is 1. The standard InChI is InChI=1S/C25H30N2O6/c1-3-31-25(30)33-22-10-6-20(7-11-22)24(29)27-14-12-19(13-15-27)16-26-23(28)17-32-21-8-4-18(2)5-9-21/h4-11,19H,3,12-17H2,1-2H3,(H,26,28). The van der Waals surface area contributed by atoms with Gasteiger partial charge in [0.1, 0.15) is 11.5 Å². The molecule has 0 atom stereocenters. The van der Waals surface area contributed by atoms with Crippen molar-refractivity contribution in [2.75, 3.05) is 32.8 Å². The van der Waals surface area contributed by atoms with Crippen LogP contribution in [0, 0.1) is 12.8 Å². The van der Waals surface area contributed by atoms with Crippen molar-refractivity contribution in [3.63, 3.8) is 0 Å². The zero-order valence-electron chi connectivity index (χ0n) is 19.0. The second-order valence-electron chi connectivity index (χ2n) is 7.95. The fourth-order valence-corrected chi connectivity index (χ4v) is 3.52. The Morgan fingerprint density at radius 3 is 2.24 bits per heavy atom. The number of nitrogens with one attached hydrogen (secondary N) is 1. The number of likely N-dealkylation sites (tertiary alicyclic amines) is 1. The van der Waals surface area contributed by atoms with Crippen LogP contribution >= 0.6 is 0 Å². The van der Waals surface area contributed by atoms with Crippen molar-refractivity contribution in [1.82, 2.24) is 10.2 Å².